The number of alkyl halides is 3. The van der Waals surface area contributed by atoms with Gasteiger partial charge in [-0.1, -0.05) is 0 Å². The van der Waals surface area contributed by atoms with Gasteiger partial charge in [0.05, 0.1) is 0 Å². The highest BCUT2D eigenvalue weighted by atomic mass is 32.2. The van der Waals surface area contributed by atoms with Crippen LogP contribution in [0.15, 0.2) is 11.0 Å². The molecule has 0 aromatic carbocycles. The lowest BCUT2D eigenvalue weighted by atomic mass is 10.3. The second-order valence-corrected chi connectivity index (χ2v) is 4.77. The molecular weight excluding hydrogens is 295 g/mol. The van der Waals surface area contributed by atoms with E-state index in [-0.39, 0.29) is 0 Å². The molecule has 0 aliphatic carbocycles. The summed E-state index contributed by atoms with van der Waals surface area (Å²) in [5.41, 5.74) is -0.413. The topological polar surface area (TPSA) is 125 Å². The van der Waals surface area contributed by atoms with E-state index in [1.54, 1.807) is 0 Å². The number of nitrogens with zero attached hydrogens (tertiary/aromatic N) is 2. The lowest BCUT2D eigenvalue weighted by molar-refractivity contribution is -0.393. The fourth-order valence-electron chi connectivity index (χ4n) is 1.18. The van der Waals surface area contributed by atoms with Crippen LogP contribution in [-0.4, -0.2) is 24.7 Å². The van der Waals surface area contributed by atoms with E-state index in [9.17, 15) is 31.7 Å². The van der Waals surface area contributed by atoms with Crippen LogP contribution < -0.4 is 9.88 Å². The van der Waals surface area contributed by atoms with Gasteiger partial charge in [0.15, 0.2) is 5.69 Å². The van der Waals surface area contributed by atoms with Crippen LogP contribution >= 0.6 is 0 Å². The number of hydrogen-bond acceptors (Lipinski definition) is 6. The largest absolute Gasteiger partial charge is 0.573 e. The monoisotopic (exact) mass is 301 g/mol. The molecule has 0 atom stereocenters. The summed E-state index contributed by atoms with van der Waals surface area (Å²) in [6.45, 7) is 1.05. The number of sulfonamides is 1. The molecule has 19 heavy (non-hydrogen) atoms. The number of aryl methyl sites for hydroxylation is 1. The van der Waals surface area contributed by atoms with Gasteiger partial charge in [0.25, 0.3) is 0 Å². The quantitative estimate of drug-likeness (QED) is 0.651. The number of hydrogen-bond donors (Lipinski definition) is 1. The van der Waals surface area contributed by atoms with E-state index < -0.39 is 43.5 Å². The van der Waals surface area contributed by atoms with Crippen LogP contribution in [0.1, 0.15) is 5.69 Å². The predicted molar refractivity (Wildman–Crippen MR) is 53.7 cm³/mol. The van der Waals surface area contributed by atoms with Crippen LogP contribution in [0, 0.1) is 17.0 Å². The summed E-state index contributed by atoms with van der Waals surface area (Å²) in [6, 6.07) is 0.309. The molecule has 1 aromatic heterocycles. The molecule has 0 bridgehead atoms. The van der Waals surface area contributed by atoms with Gasteiger partial charge < -0.3 is 14.9 Å². The lowest BCUT2D eigenvalue weighted by Gasteiger charge is -2.10. The minimum absolute atomic E-state index is 0.309. The molecule has 0 aliphatic heterocycles. The van der Waals surface area contributed by atoms with Crippen LogP contribution in [0.25, 0.3) is 0 Å². The molecule has 0 saturated heterocycles. The van der Waals surface area contributed by atoms with Crippen LogP contribution in [0.2, 0.25) is 0 Å². The number of pyridine rings is 1. The Kier molecular flexibility index (Phi) is 3.67. The van der Waals surface area contributed by atoms with Crippen molar-refractivity contribution in [2.24, 2.45) is 5.14 Å². The highest BCUT2D eigenvalue weighted by molar-refractivity contribution is 7.89. The van der Waals surface area contributed by atoms with Crippen molar-refractivity contribution in [1.82, 2.24) is 4.98 Å². The Morgan fingerprint density at radius 1 is 1.47 bits per heavy atom. The summed E-state index contributed by atoms with van der Waals surface area (Å²) in [5, 5.41) is 15.3. The molecule has 0 unspecified atom stereocenters. The molecule has 0 saturated carbocycles. The Hall–Kier alpha value is -1.95. The van der Waals surface area contributed by atoms with Gasteiger partial charge in [0, 0.05) is 13.0 Å². The number of halogens is 3. The second kappa shape index (κ2) is 4.62. The zero-order valence-corrected chi connectivity index (χ0v) is 9.95. The molecule has 8 nitrogen and oxygen atoms in total. The van der Waals surface area contributed by atoms with E-state index in [0.717, 1.165) is 6.92 Å². The number of rotatable bonds is 3. The normalized spacial score (nSPS) is 12.3. The summed E-state index contributed by atoms with van der Waals surface area (Å²) in [6.07, 6.45) is -5.24. The lowest BCUT2D eigenvalue weighted by Crippen LogP contribution is -2.20. The molecule has 0 fully saturated rings. The van der Waals surface area contributed by atoms with Crippen molar-refractivity contribution in [3.05, 3.63) is 21.9 Å². The third kappa shape index (κ3) is 3.75. The van der Waals surface area contributed by atoms with Crippen LogP contribution in [0.3, 0.4) is 0 Å². The highest BCUT2D eigenvalue weighted by Crippen LogP contribution is 2.33. The molecular formula is C7H6F3N3O5S. The molecule has 106 valence electrons. The van der Waals surface area contributed by atoms with Gasteiger partial charge in [-0.2, -0.15) is 0 Å². The summed E-state index contributed by atoms with van der Waals surface area (Å²) < 4.78 is 61.7. The van der Waals surface area contributed by atoms with Gasteiger partial charge in [-0.15, -0.1) is 13.2 Å². The smallest absolute Gasteiger partial charge is 0.397 e. The summed E-state index contributed by atoms with van der Waals surface area (Å²) in [5.74, 6) is -2.62. The third-order valence-corrected chi connectivity index (χ3v) is 2.84. The molecule has 0 radical (unpaired) electrons. The molecule has 2 N–H and O–H groups in total. The first-order valence-corrected chi connectivity index (χ1v) is 5.91. The first-order valence-electron chi connectivity index (χ1n) is 4.36. The maximum absolute atomic E-state index is 12.1. The van der Waals surface area contributed by atoms with E-state index in [1.165, 1.54) is 0 Å². The number of aromatic nitrogens is 1. The first kappa shape index (κ1) is 15.1. The van der Waals surface area contributed by atoms with Crippen molar-refractivity contribution in [2.75, 3.05) is 0 Å². The molecule has 1 heterocycles. The number of nitrogens with two attached hydrogens (primary N) is 1. The first-order chi connectivity index (χ1) is 8.42. The predicted octanol–water partition coefficient (Wildman–Crippen LogP) is 0.844. The molecule has 1 aromatic rings. The average Bonchev–Trinajstić information content (AvgIpc) is 2.15. The van der Waals surface area contributed by atoms with Crippen molar-refractivity contribution in [2.45, 2.75) is 18.2 Å². The van der Waals surface area contributed by atoms with Gasteiger partial charge in [-0.3, -0.25) is 0 Å². The van der Waals surface area contributed by atoms with Gasteiger partial charge in [-0.25, -0.2) is 13.6 Å². The highest BCUT2D eigenvalue weighted by Gasteiger charge is 2.36. The zero-order valence-electron chi connectivity index (χ0n) is 9.13. The van der Waals surface area contributed by atoms with Crippen molar-refractivity contribution < 1.29 is 31.2 Å². The zero-order chi connectivity index (χ0) is 15.0. The average molecular weight is 301 g/mol. The molecule has 1 rings (SSSR count). The Bertz CT molecular complexity index is 628. The minimum atomic E-state index is -5.24. The standard InChI is InChI=1S/C7H6F3N3O5S/c1-3-5(19(11,16)17)2-4(18-7(8,9)10)6(12-3)13(14)15/h2H,1H3,(H2,11,16,17). The van der Waals surface area contributed by atoms with Crippen LogP contribution in [-0.2, 0) is 10.0 Å². The van der Waals surface area contributed by atoms with Gasteiger partial charge in [-0.05, 0) is 9.91 Å². The van der Waals surface area contributed by atoms with Gasteiger partial charge in [0.1, 0.15) is 4.90 Å². The van der Waals surface area contributed by atoms with E-state index in [0.29, 0.717) is 6.07 Å². The van der Waals surface area contributed by atoms with Crippen molar-refractivity contribution in [3.63, 3.8) is 0 Å². The van der Waals surface area contributed by atoms with Crippen molar-refractivity contribution >= 4 is 15.8 Å². The molecule has 0 amide bonds. The van der Waals surface area contributed by atoms with Crippen LogP contribution in [0.4, 0.5) is 19.0 Å². The Morgan fingerprint density at radius 3 is 2.37 bits per heavy atom. The SMILES string of the molecule is Cc1nc([N+](=O)[O-])c(OC(F)(F)F)cc1S(N)(=O)=O. The Morgan fingerprint density at radius 2 is 2.00 bits per heavy atom. The Balaban J connectivity index is 3.53. The Labute approximate surface area is 104 Å². The molecule has 0 aliphatic rings. The van der Waals surface area contributed by atoms with E-state index in [4.69, 9.17) is 5.14 Å². The number of nitro groups is 1. The van der Waals surface area contributed by atoms with Gasteiger partial charge >= 0.3 is 12.2 Å². The van der Waals surface area contributed by atoms with E-state index in [2.05, 4.69) is 9.72 Å². The second-order valence-electron chi connectivity index (χ2n) is 3.24. The summed E-state index contributed by atoms with van der Waals surface area (Å²) in [4.78, 5) is 11.6. The van der Waals surface area contributed by atoms with Crippen LogP contribution in [0.5, 0.6) is 5.75 Å². The third-order valence-electron chi connectivity index (χ3n) is 1.82. The maximum Gasteiger partial charge on any atom is 0.573 e. The van der Waals surface area contributed by atoms with E-state index in [1.807, 2.05) is 0 Å². The summed E-state index contributed by atoms with van der Waals surface area (Å²) in [7, 11) is -4.39. The minimum Gasteiger partial charge on any atom is -0.397 e. The summed E-state index contributed by atoms with van der Waals surface area (Å²) >= 11 is 0. The van der Waals surface area contributed by atoms with Gasteiger partial charge in [0.2, 0.25) is 15.8 Å². The molecule has 12 heteroatoms. The maximum atomic E-state index is 12.1. The number of ether oxygens (including phenoxy) is 1. The fraction of sp³-hybridized carbons (Fsp3) is 0.286. The number of primary sulfonamides is 1. The van der Waals surface area contributed by atoms with E-state index >= 15 is 0 Å². The van der Waals surface area contributed by atoms with Crippen molar-refractivity contribution in [3.8, 4) is 5.75 Å². The molecule has 0 spiro atoms. The van der Waals surface area contributed by atoms with Crippen molar-refractivity contribution in [1.29, 1.82) is 0 Å². The fourth-order valence-corrected chi connectivity index (χ4v) is 1.90.